The molecule has 2 fully saturated rings. The fourth-order valence-corrected chi connectivity index (χ4v) is 6.50. The molecule has 1 heterocycles. The molecule has 0 unspecified atom stereocenters. The SMILES string of the molecule is O=C(NC[C@@H]1CCCO1)[C@H](Cc1ccccc1)N(Cc1ccccc1)C(=O)CCc1ccc(S(=O)(=O)NC2CC2)cc1. The number of amides is 2. The molecule has 8 nitrogen and oxygen atoms in total. The summed E-state index contributed by atoms with van der Waals surface area (Å²) in [4.78, 5) is 29.5. The van der Waals surface area contributed by atoms with Crippen LogP contribution in [0.4, 0.5) is 0 Å². The minimum Gasteiger partial charge on any atom is -0.376 e. The van der Waals surface area contributed by atoms with E-state index in [1.807, 2.05) is 60.7 Å². The molecular weight excluding hydrogens is 550 g/mol. The molecule has 0 radical (unpaired) electrons. The van der Waals surface area contributed by atoms with Gasteiger partial charge in [-0.25, -0.2) is 13.1 Å². The Morgan fingerprint density at radius 2 is 1.52 bits per heavy atom. The Hall–Kier alpha value is -3.53. The zero-order chi connectivity index (χ0) is 29.4. The van der Waals surface area contributed by atoms with Crippen molar-refractivity contribution in [2.75, 3.05) is 13.2 Å². The van der Waals surface area contributed by atoms with Crippen molar-refractivity contribution in [2.24, 2.45) is 0 Å². The van der Waals surface area contributed by atoms with Gasteiger partial charge in [0.2, 0.25) is 21.8 Å². The molecule has 5 rings (SSSR count). The highest BCUT2D eigenvalue weighted by Gasteiger charge is 2.31. The van der Waals surface area contributed by atoms with Gasteiger partial charge in [0.05, 0.1) is 11.0 Å². The van der Waals surface area contributed by atoms with Crippen LogP contribution in [-0.2, 0) is 43.7 Å². The maximum Gasteiger partial charge on any atom is 0.243 e. The van der Waals surface area contributed by atoms with Crippen LogP contribution in [0.1, 0.15) is 48.8 Å². The first-order chi connectivity index (χ1) is 20.4. The van der Waals surface area contributed by atoms with Crippen molar-refractivity contribution in [2.45, 2.75) is 74.6 Å². The number of nitrogens with zero attached hydrogens (tertiary/aromatic N) is 1. The van der Waals surface area contributed by atoms with Gasteiger partial charge in [-0.2, -0.15) is 0 Å². The maximum atomic E-state index is 13.9. The van der Waals surface area contributed by atoms with Gasteiger partial charge < -0.3 is 15.0 Å². The molecule has 1 saturated carbocycles. The second-order valence-corrected chi connectivity index (χ2v) is 12.8. The fraction of sp³-hybridized carbons (Fsp3) is 0.394. The number of ether oxygens (including phenoxy) is 1. The molecule has 2 aliphatic rings. The topological polar surface area (TPSA) is 105 Å². The largest absolute Gasteiger partial charge is 0.376 e. The second kappa shape index (κ2) is 14.1. The quantitative estimate of drug-likeness (QED) is 0.296. The van der Waals surface area contributed by atoms with Crippen molar-refractivity contribution < 1.29 is 22.7 Å². The van der Waals surface area contributed by atoms with Crippen LogP contribution in [-0.4, -0.2) is 56.5 Å². The predicted molar refractivity (Wildman–Crippen MR) is 161 cm³/mol. The molecule has 3 aromatic rings. The molecule has 222 valence electrons. The molecule has 1 aliphatic heterocycles. The van der Waals surface area contributed by atoms with Crippen LogP contribution in [0.3, 0.4) is 0 Å². The Morgan fingerprint density at radius 1 is 0.857 bits per heavy atom. The highest BCUT2D eigenvalue weighted by Crippen LogP contribution is 2.23. The predicted octanol–water partition coefficient (Wildman–Crippen LogP) is 4.00. The first-order valence-corrected chi connectivity index (χ1v) is 16.2. The summed E-state index contributed by atoms with van der Waals surface area (Å²) in [7, 11) is -3.53. The number of hydrogen-bond acceptors (Lipinski definition) is 5. The lowest BCUT2D eigenvalue weighted by atomic mass is 10.0. The normalized spacial score (nSPS) is 17.5. The van der Waals surface area contributed by atoms with Crippen LogP contribution in [0.5, 0.6) is 0 Å². The highest BCUT2D eigenvalue weighted by molar-refractivity contribution is 7.89. The van der Waals surface area contributed by atoms with E-state index in [-0.39, 0.29) is 35.3 Å². The lowest BCUT2D eigenvalue weighted by Gasteiger charge is -2.32. The summed E-state index contributed by atoms with van der Waals surface area (Å²) in [5.41, 5.74) is 2.77. The van der Waals surface area contributed by atoms with Crippen molar-refractivity contribution in [3.63, 3.8) is 0 Å². The van der Waals surface area contributed by atoms with Gasteiger partial charge in [0.25, 0.3) is 0 Å². The van der Waals surface area contributed by atoms with Crippen LogP contribution < -0.4 is 10.0 Å². The number of hydrogen-bond donors (Lipinski definition) is 2. The van der Waals surface area contributed by atoms with E-state index in [1.54, 1.807) is 29.2 Å². The number of sulfonamides is 1. The first-order valence-electron chi connectivity index (χ1n) is 14.8. The number of rotatable bonds is 14. The van der Waals surface area contributed by atoms with Crippen LogP contribution in [0.15, 0.2) is 89.8 Å². The van der Waals surface area contributed by atoms with E-state index < -0.39 is 16.1 Å². The Bertz CT molecular complexity index is 1420. The minimum absolute atomic E-state index is 0.00383. The summed E-state index contributed by atoms with van der Waals surface area (Å²) >= 11 is 0. The summed E-state index contributed by atoms with van der Waals surface area (Å²) < 4.78 is 33.5. The van der Waals surface area contributed by atoms with Crippen LogP contribution in [0, 0.1) is 0 Å². The van der Waals surface area contributed by atoms with E-state index in [4.69, 9.17) is 4.74 Å². The lowest BCUT2D eigenvalue weighted by molar-refractivity contribution is -0.141. The summed E-state index contributed by atoms with van der Waals surface area (Å²) in [6.45, 7) is 1.42. The zero-order valence-corrected chi connectivity index (χ0v) is 24.6. The van der Waals surface area contributed by atoms with Crippen molar-refractivity contribution >= 4 is 21.8 Å². The van der Waals surface area contributed by atoms with Gasteiger partial charge in [0.15, 0.2) is 0 Å². The average molecular weight is 590 g/mol. The molecule has 2 N–H and O–H groups in total. The van der Waals surface area contributed by atoms with E-state index in [0.29, 0.717) is 32.5 Å². The summed E-state index contributed by atoms with van der Waals surface area (Å²) in [6, 6.07) is 25.5. The Balaban J connectivity index is 1.32. The number of nitrogens with one attached hydrogen (secondary N) is 2. The molecule has 2 atom stereocenters. The molecule has 0 bridgehead atoms. The standard InChI is InChI=1S/C33H39N3O5S/c37-32(20-15-25-13-18-30(19-14-25)42(39,40)35-28-16-17-28)36(24-27-10-5-2-6-11-27)31(22-26-8-3-1-4-9-26)33(38)34-23-29-12-7-21-41-29/h1-6,8-11,13-14,18-19,28-29,31,35H,7,12,15-17,20-24H2,(H,34,38)/t29-,31-/m0/s1. The number of carbonyl (C=O) groups is 2. The fourth-order valence-electron chi connectivity index (χ4n) is 5.19. The first kappa shape index (κ1) is 29.9. The number of carbonyl (C=O) groups excluding carboxylic acids is 2. The van der Waals surface area contributed by atoms with Gasteiger partial charge in [0, 0.05) is 38.6 Å². The van der Waals surface area contributed by atoms with Crippen molar-refractivity contribution in [1.82, 2.24) is 14.9 Å². The molecule has 3 aromatic carbocycles. The molecular formula is C33H39N3O5S. The minimum atomic E-state index is -3.53. The number of aryl methyl sites for hydroxylation is 1. The van der Waals surface area contributed by atoms with E-state index in [0.717, 1.165) is 42.4 Å². The van der Waals surface area contributed by atoms with Crippen LogP contribution in [0.25, 0.3) is 0 Å². The third-order valence-electron chi connectivity index (χ3n) is 7.76. The summed E-state index contributed by atoms with van der Waals surface area (Å²) in [6.07, 6.45) is 4.63. The lowest BCUT2D eigenvalue weighted by Crippen LogP contribution is -2.51. The van der Waals surface area contributed by atoms with Crippen molar-refractivity contribution in [1.29, 1.82) is 0 Å². The monoisotopic (exact) mass is 589 g/mol. The van der Waals surface area contributed by atoms with E-state index in [2.05, 4.69) is 10.0 Å². The van der Waals surface area contributed by atoms with Gasteiger partial charge in [-0.15, -0.1) is 0 Å². The summed E-state index contributed by atoms with van der Waals surface area (Å²) in [5, 5.41) is 3.06. The van der Waals surface area contributed by atoms with Gasteiger partial charge >= 0.3 is 0 Å². The smallest absolute Gasteiger partial charge is 0.243 e. The Morgan fingerprint density at radius 3 is 2.14 bits per heavy atom. The van der Waals surface area contributed by atoms with Gasteiger partial charge in [-0.3, -0.25) is 9.59 Å². The van der Waals surface area contributed by atoms with E-state index in [1.165, 1.54) is 0 Å². The van der Waals surface area contributed by atoms with E-state index >= 15 is 0 Å². The summed E-state index contributed by atoms with van der Waals surface area (Å²) in [5.74, 6) is -0.337. The third kappa shape index (κ3) is 8.50. The Kier molecular flexibility index (Phi) is 10.0. The molecule has 9 heteroatoms. The molecule has 0 spiro atoms. The highest BCUT2D eigenvalue weighted by atomic mass is 32.2. The van der Waals surface area contributed by atoms with Gasteiger partial charge in [-0.05, 0) is 60.9 Å². The zero-order valence-electron chi connectivity index (χ0n) is 23.8. The van der Waals surface area contributed by atoms with Crippen LogP contribution in [0.2, 0.25) is 0 Å². The molecule has 1 saturated heterocycles. The third-order valence-corrected chi connectivity index (χ3v) is 9.29. The molecule has 0 aromatic heterocycles. The molecule has 42 heavy (non-hydrogen) atoms. The number of benzene rings is 3. The molecule has 1 aliphatic carbocycles. The van der Waals surface area contributed by atoms with E-state index in [9.17, 15) is 18.0 Å². The van der Waals surface area contributed by atoms with Crippen LogP contribution >= 0.6 is 0 Å². The average Bonchev–Trinajstić information content (AvgIpc) is 3.65. The Labute approximate surface area is 248 Å². The van der Waals surface area contributed by atoms with Gasteiger partial charge in [0.1, 0.15) is 6.04 Å². The van der Waals surface area contributed by atoms with Crippen molar-refractivity contribution in [3.05, 3.63) is 102 Å². The van der Waals surface area contributed by atoms with Gasteiger partial charge in [-0.1, -0.05) is 72.8 Å². The maximum absolute atomic E-state index is 13.9. The second-order valence-electron chi connectivity index (χ2n) is 11.1. The molecule has 2 amide bonds. The van der Waals surface area contributed by atoms with Crippen molar-refractivity contribution in [3.8, 4) is 0 Å².